The van der Waals surface area contributed by atoms with Gasteiger partial charge in [-0.3, -0.25) is 4.57 Å². The van der Waals surface area contributed by atoms with E-state index in [0.29, 0.717) is 0 Å². The Morgan fingerprint density at radius 2 is 1.62 bits per heavy atom. The van der Waals surface area contributed by atoms with Crippen molar-refractivity contribution in [3.8, 4) is 5.69 Å². The van der Waals surface area contributed by atoms with E-state index in [1.807, 2.05) is 24.5 Å². The van der Waals surface area contributed by atoms with E-state index in [0.717, 1.165) is 22.4 Å². The van der Waals surface area contributed by atoms with Gasteiger partial charge in [0, 0.05) is 30.2 Å². The van der Waals surface area contributed by atoms with Gasteiger partial charge in [0.1, 0.15) is 6.33 Å². The van der Waals surface area contributed by atoms with Gasteiger partial charge in [0.2, 0.25) is 0 Å². The van der Waals surface area contributed by atoms with Gasteiger partial charge in [-0.15, -0.1) is 0 Å². The highest BCUT2D eigenvalue weighted by Gasteiger charge is 2.12. The number of hydrogen-bond donors (Lipinski definition) is 1. The van der Waals surface area contributed by atoms with Crippen LogP contribution >= 0.6 is 0 Å². The number of hydrogen-bond acceptors (Lipinski definition) is 3. The lowest BCUT2D eigenvalue weighted by Gasteiger charge is -2.17. The molecule has 1 fully saturated rings. The van der Waals surface area contributed by atoms with Crippen molar-refractivity contribution in [2.24, 2.45) is 0 Å². The summed E-state index contributed by atoms with van der Waals surface area (Å²) in [4.78, 5) is 6.87. The van der Waals surface area contributed by atoms with E-state index in [1.54, 1.807) is 0 Å². The molecule has 1 aromatic heterocycles. The fourth-order valence-corrected chi connectivity index (χ4v) is 3.03. The molecule has 0 bridgehead atoms. The molecule has 1 saturated heterocycles. The zero-order chi connectivity index (χ0) is 14.2. The van der Waals surface area contributed by atoms with Gasteiger partial charge in [0.05, 0.1) is 11.0 Å². The van der Waals surface area contributed by atoms with E-state index < -0.39 is 0 Å². The van der Waals surface area contributed by atoms with Crippen LogP contribution in [0.3, 0.4) is 0 Å². The fourth-order valence-electron chi connectivity index (χ4n) is 3.03. The largest absolute Gasteiger partial charge is 0.399 e. The van der Waals surface area contributed by atoms with Crippen molar-refractivity contribution < 1.29 is 0 Å². The van der Waals surface area contributed by atoms with E-state index in [4.69, 9.17) is 5.73 Å². The van der Waals surface area contributed by atoms with Crippen molar-refractivity contribution in [3.05, 3.63) is 48.8 Å². The third-order valence-corrected chi connectivity index (χ3v) is 4.17. The van der Waals surface area contributed by atoms with Crippen molar-refractivity contribution >= 4 is 22.4 Å². The van der Waals surface area contributed by atoms with Crippen molar-refractivity contribution in [1.29, 1.82) is 0 Å². The van der Waals surface area contributed by atoms with E-state index in [9.17, 15) is 0 Å². The third-order valence-electron chi connectivity index (χ3n) is 4.17. The first-order valence-corrected chi connectivity index (χ1v) is 7.39. The topological polar surface area (TPSA) is 47.1 Å². The number of anilines is 2. The summed E-state index contributed by atoms with van der Waals surface area (Å²) in [6.45, 7) is 2.35. The average Bonchev–Trinajstić information content (AvgIpc) is 3.16. The van der Waals surface area contributed by atoms with Gasteiger partial charge in [-0.05, 0) is 55.3 Å². The number of nitrogens with two attached hydrogens (primary N) is 1. The SMILES string of the molecule is Nc1ccc2c(c1)ncn2-c1ccc(N2CCCC2)cc1. The van der Waals surface area contributed by atoms with E-state index >= 15 is 0 Å². The van der Waals surface area contributed by atoms with Crippen LogP contribution in [0.4, 0.5) is 11.4 Å². The highest BCUT2D eigenvalue weighted by molar-refractivity contribution is 5.80. The maximum atomic E-state index is 5.81. The number of aromatic nitrogens is 2. The minimum Gasteiger partial charge on any atom is -0.399 e. The Morgan fingerprint density at radius 3 is 2.38 bits per heavy atom. The third kappa shape index (κ3) is 2.13. The van der Waals surface area contributed by atoms with Crippen molar-refractivity contribution in [1.82, 2.24) is 9.55 Å². The van der Waals surface area contributed by atoms with Gasteiger partial charge >= 0.3 is 0 Å². The Bertz CT molecular complexity index is 767. The van der Waals surface area contributed by atoms with Crippen LogP contribution in [0.15, 0.2) is 48.8 Å². The van der Waals surface area contributed by atoms with Gasteiger partial charge < -0.3 is 10.6 Å². The van der Waals surface area contributed by atoms with E-state index in [1.165, 1.54) is 31.6 Å². The monoisotopic (exact) mass is 278 g/mol. The minimum atomic E-state index is 0.747. The van der Waals surface area contributed by atoms with Crippen LogP contribution in [0, 0.1) is 0 Å². The summed E-state index contributed by atoms with van der Waals surface area (Å²) >= 11 is 0. The Kier molecular flexibility index (Phi) is 2.81. The number of imidazole rings is 1. The molecule has 4 heteroatoms. The summed E-state index contributed by atoms with van der Waals surface area (Å²) in [5, 5.41) is 0. The predicted octanol–water partition coefficient (Wildman–Crippen LogP) is 3.21. The Hall–Kier alpha value is -2.49. The van der Waals surface area contributed by atoms with Gasteiger partial charge in [0.25, 0.3) is 0 Å². The molecule has 0 amide bonds. The smallest absolute Gasteiger partial charge is 0.100 e. The number of nitrogen functional groups attached to an aromatic ring is 1. The van der Waals surface area contributed by atoms with Gasteiger partial charge in [-0.2, -0.15) is 0 Å². The molecule has 0 atom stereocenters. The lowest BCUT2D eigenvalue weighted by Crippen LogP contribution is -2.17. The zero-order valence-corrected chi connectivity index (χ0v) is 11.9. The lowest BCUT2D eigenvalue weighted by atomic mass is 10.2. The molecule has 0 saturated carbocycles. The molecule has 1 aliphatic rings. The van der Waals surface area contributed by atoms with Crippen molar-refractivity contribution in [3.63, 3.8) is 0 Å². The minimum absolute atomic E-state index is 0.747. The number of nitrogens with zero attached hydrogens (tertiary/aromatic N) is 3. The average molecular weight is 278 g/mol. The van der Waals surface area contributed by atoms with Crippen LogP contribution in [0.5, 0.6) is 0 Å². The first-order valence-electron chi connectivity index (χ1n) is 7.39. The molecule has 0 unspecified atom stereocenters. The Balaban J connectivity index is 1.71. The molecule has 4 rings (SSSR count). The van der Waals surface area contributed by atoms with Gasteiger partial charge in [-0.1, -0.05) is 0 Å². The number of rotatable bonds is 2. The standard InChI is InChI=1S/C17H18N4/c18-13-3-8-17-16(11-13)19-12-21(17)15-6-4-14(5-7-15)20-9-1-2-10-20/h3-8,11-12H,1-2,9-10,18H2. The maximum absolute atomic E-state index is 5.81. The number of benzene rings is 2. The van der Waals surface area contributed by atoms with Crippen LogP contribution in [0.25, 0.3) is 16.7 Å². The van der Waals surface area contributed by atoms with Gasteiger partial charge in [0.15, 0.2) is 0 Å². The highest BCUT2D eigenvalue weighted by Crippen LogP contribution is 2.24. The fraction of sp³-hybridized carbons (Fsp3) is 0.235. The molecule has 106 valence electrons. The second-order valence-electron chi connectivity index (χ2n) is 5.57. The summed E-state index contributed by atoms with van der Waals surface area (Å²) in [6, 6.07) is 14.6. The predicted molar refractivity (Wildman–Crippen MR) is 86.9 cm³/mol. The maximum Gasteiger partial charge on any atom is 0.100 e. The molecule has 0 aliphatic carbocycles. The summed E-state index contributed by atoms with van der Waals surface area (Å²) in [6.07, 6.45) is 4.46. The molecule has 2 heterocycles. The van der Waals surface area contributed by atoms with Crippen LogP contribution < -0.4 is 10.6 Å². The number of fused-ring (bicyclic) bond motifs is 1. The van der Waals surface area contributed by atoms with Crippen LogP contribution in [-0.4, -0.2) is 22.6 Å². The summed E-state index contributed by atoms with van der Waals surface area (Å²) in [5.41, 5.74) is 11.0. The van der Waals surface area contributed by atoms with E-state index in [2.05, 4.69) is 38.7 Å². The molecular weight excluding hydrogens is 260 g/mol. The normalized spacial score (nSPS) is 15.0. The zero-order valence-electron chi connectivity index (χ0n) is 11.9. The van der Waals surface area contributed by atoms with E-state index in [-0.39, 0.29) is 0 Å². The van der Waals surface area contributed by atoms with Crippen molar-refractivity contribution in [2.45, 2.75) is 12.8 Å². The molecule has 0 spiro atoms. The van der Waals surface area contributed by atoms with Crippen molar-refractivity contribution in [2.75, 3.05) is 23.7 Å². The van der Waals surface area contributed by atoms with Gasteiger partial charge in [-0.25, -0.2) is 4.98 Å². The highest BCUT2D eigenvalue weighted by atomic mass is 15.1. The lowest BCUT2D eigenvalue weighted by molar-refractivity contribution is 0.949. The Labute approximate surface area is 123 Å². The second-order valence-corrected chi connectivity index (χ2v) is 5.57. The molecule has 21 heavy (non-hydrogen) atoms. The molecule has 1 aliphatic heterocycles. The molecule has 2 N–H and O–H groups in total. The summed E-state index contributed by atoms with van der Waals surface area (Å²) in [5.74, 6) is 0. The second kappa shape index (κ2) is 4.81. The van der Waals surface area contributed by atoms with Crippen LogP contribution in [-0.2, 0) is 0 Å². The molecule has 4 nitrogen and oxygen atoms in total. The summed E-state index contributed by atoms with van der Waals surface area (Å²) < 4.78 is 2.10. The Morgan fingerprint density at radius 1 is 0.905 bits per heavy atom. The first kappa shape index (κ1) is 12.3. The molecular formula is C17H18N4. The molecule has 0 radical (unpaired) electrons. The van der Waals surface area contributed by atoms with Crippen LogP contribution in [0.2, 0.25) is 0 Å². The molecule has 3 aromatic rings. The quantitative estimate of drug-likeness (QED) is 0.732. The first-order chi connectivity index (χ1) is 10.3. The summed E-state index contributed by atoms with van der Waals surface area (Å²) in [7, 11) is 0. The molecule has 2 aromatic carbocycles. The van der Waals surface area contributed by atoms with Crippen LogP contribution in [0.1, 0.15) is 12.8 Å².